The summed E-state index contributed by atoms with van der Waals surface area (Å²) in [5, 5.41) is 5.63. The van der Waals surface area contributed by atoms with Gasteiger partial charge in [0.15, 0.2) is 0 Å². The Morgan fingerprint density at radius 1 is 1.16 bits per heavy atom. The van der Waals surface area contributed by atoms with E-state index in [-0.39, 0.29) is 5.91 Å². The van der Waals surface area contributed by atoms with Gasteiger partial charge < -0.3 is 5.73 Å². The van der Waals surface area contributed by atoms with Crippen molar-refractivity contribution in [1.82, 2.24) is 0 Å². The topological polar surface area (TPSA) is 58.7 Å². The van der Waals surface area contributed by atoms with E-state index in [1.54, 1.807) is 6.21 Å². The standard InChI is InChI=1S/C15H21N3O/c16-11-3-1-2-5-13-7-9-14(10-8-13)18-15(19)6-4-12-17-18/h7-10,12H,1-6,11,16H2. The summed E-state index contributed by atoms with van der Waals surface area (Å²) in [6.45, 7) is 0.772. The van der Waals surface area contributed by atoms with Gasteiger partial charge in [-0.15, -0.1) is 0 Å². The molecule has 2 N–H and O–H groups in total. The molecule has 0 spiro atoms. The van der Waals surface area contributed by atoms with Crippen LogP contribution in [0.4, 0.5) is 5.69 Å². The van der Waals surface area contributed by atoms with E-state index in [2.05, 4.69) is 17.2 Å². The highest BCUT2D eigenvalue weighted by molar-refractivity contribution is 5.96. The molecule has 102 valence electrons. The first kappa shape index (κ1) is 13.7. The average molecular weight is 259 g/mol. The highest BCUT2D eigenvalue weighted by atomic mass is 16.2. The fraction of sp³-hybridized carbons (Fsp3) is 0.467. The van der Waals surface area contributed by atoms with Crippen molar-refractivity contribution < 1.29 is 4.79 Å². The molecule has 0 bridgehead atoms. The van der Waals surface area contributed by atoms with E-state index in [1.807, 2.05) is 12.1 Å². The second kappa shape index (κ2) is 7.04. The van der Waals surface area contributed by atoms with Crippen molar-refractivity contribution in [3.63, 3.8) is 0 Å². The van der Waals surface area contributed by atoms with Crippen molar-refractivity contribution in [2.24, 2.45) is 10.8 Å². The third-order valence-corrected chi connectivity index (χ3v) is 3.27. The van der Waals surface area contributed by atoms with E-state index in [0.29, 0.717) is 6.42 Å². The monoisotopic (exact) mass is 259 g/mol. The van der Waals surface area contributed by atoms with Gasteiger partial charge in [-0.05, 0) is 49.9 Å². The molecule has 0 aromatic heterocycles. The number of hydrogen-bond acceptors (Lipinski definition) is 3. The Kier molecular flexibility index (Phi) is 5.10. The van der Waals surface area contributed by atoms with Gasteiger partial charge >= 0.3 is 0 Å². The largest absolute Gasteiger partial charge is 0.330 e. The molecule has 0 saturated carbocycles. The molecule has 0 atom stereocenters. The molecule has 1 aliphatic heterocycles. The molecule has 0 aliphatic carbocycles. The number of benzene rings is 1. The normalized spacial score (nSPS) is 15.0. The number of hydrazone groups is 1. The molecule has 1 amide bonds. The Labute approximate surface area is 114 Å². The summed E-state index contributed by atoms with van der Waals surface area (Å²) in [4.78, 5) is 11.7. The van der Waals surface area contributed by atoms with Crippen LogP contribution in [0.25, 0.3) is 0 Å². The van der Waals surface area contributed by atoms with Crippen LogP contribution in [0.3, 0.4) is 0 Å². The van der Waals surface area contributed by atoms with Gasteiger partial charge in [-0.2, -0.15) is 5.10 Å². The number of aryl methyl sites for hydroxylation is 1. The van der Waals surface area contributed by atoms with Crippen molar-refractivity contribution >= 4 is 17.8 Å². The first-order valence-corrected chi connectivity index (χ1v) is 6.95. The van der Waals surface area contributed by atoms with Gasteiger partial charge in [-0.25, -0.2) is 5.01 Å². The molecule has 1 heterocycles. The van der Waals surface area contributed by atoms with E-state index in [9.17, 15) is 4.79 Å². The summed E-state index contributed by atoms with van der Waals surface area (Å²) in [6, 6.07) is 8.10. The molecular formula is C15H21N3O. The Morgan fingerprint density at radius 3 is 2.63 bits per heavy atom. The molecule has 1 aliphatic rings. The Morgan fingerprint density at radius 2 is 1.95 bits per heavy atom. The molecule has 0 radical (unpaired) electrons. The van der Waals surface area contributed by atoms with Crippen LogP contribution in [0.5, 0.6) is 0 Å². The predicted octanol–water partition coefficient (Wildman–Crippen LogP) is 2.47. The fourth-order valence-corrected chi connectivity index (χ4v) is 2.16. The zero-order chi connectivity index (χ0) is 13.5. The molecule has 0 saturated heterocycles. The number of carbonyl (C=O) groups excluding carboxylic acids is 1. The van der Waals surface area contributed by atoms with Gasteiger partial charge in [-0.3, -0.25) is 4.79 Å². The van der Waals surface area contributed by atoms with Crippen LogP contribution < -0.4 is 10.7 Å². The van der Waals surface area contributed by atoms with Crippen LogP contribution >= 0.6 is 0 Å². The van der Waals surface area contributed by atoms with Crippen molar-refractivity contribution in [3.8, 4) is 0 Å². The maximum absolute atomic E-state index is 11.7. The minimum absolute atomic E-state index is 0.0678. The SMILES string of the molecule is NCCCCCc1ccc(N2N=CCCC2=O)cc1. The Balaban J connectivity index is 1.92. The van der Waals surface area contributed by atoms with Gasteiger partial charge in [0.1, 0.15) is 0 Å². The van der Waals surface area contributed by atoms with E-state index in [0.717, 1.165) is 37.9 Å². The quantitative estimate of drug-likeness (QED) is 0.798. The summed E-state index contributed by atoms with van der Waals surface area (Å²) in [7, 11) is 0. The lowest BCUT2D eigenvalue weighted by Crippen LogP contribution is -2.28. The predicted molar refractivity (Wildman–Crippen MR) is 78.3 cm³/mol. The molecule has 1 aromatic carbocycles. The Bertz CT molecular complexity index is 439. The van der Waals surface area contributed by atoms with E-state index in [1.165, 1.54) is 17.0 Å². The Hall–Kier alpha value is -1.68. The molecule has 4 heteroatoms. The second-order valence-corrected chi connectivity index (χ2v) is 4.81. The number of carbonyl (C=O) groups is 1. The van der Waals surface area contributed by atoms with E-state index < -0.39 is 0 Å². The average Bonchev–Trinajstić information content (AvgIpc) is 2.45. The van der Waals surface area contributed by atoms with Crippen molar-refractivity contribution in [3.05, 3.63) is 29.8 Å². The number of anilines is 1. The van der Waals surface area contributed by atoms with Gasteiger partial charge in [0, 0.05) is 12.6 Å². The van der Waals surface area contributed by atoms with Gasteiger partial charge in [0.2, 0.25) is 5.91 Å². The zero-order valence-electron chi connectivity index (χ0n) is 11.2. The lowest BCUT2D eigenvalue weighted by Gasteiger charge is -2.20. The second-order valence-electron chi connectivity index (χ2n) is 4.81. The van der Waals surface area contributed by atoms with Crippen LogP contribution in [-0.4, -0.2) is 18.7 Å². The lowest BCUT2D eigenvalue weighted by atomic mass is 10.1. The summed E-state index contributed by atoms with van der Waals surface area (Å²) < 4.78 is 0. The molecule has 4 nitrogen and oxygen atoms in total. The molecule has 0 unspecified atom stereocenters. The number of unbranched alkanes of at least 4 members (excludes halogenated alkanes) is 2. The lowest BCUT2D eigenvalue weighted by molar-refractivity contribution is -0.118. The minimum atomic E-state index is 0.0678. The number of amides is 1. The highest BCUT2D eigenvalue weighted by Gasteiger charge is 2.16. The minimum Gasteiger partial charge on any atom is -0.330 e. The zero-order valence-corrected chi connectivity index (χ0v) is 11.2. The van der Waals surface area contributed by atoms with Gasteiger partial charge in [-0.1, -0.05) is 18.6 Å². The van der Waals surface area contributed by atoms with Crippen LogP contribution in [-0.2, 0) is 11.2 Å². The maximum Gasteiger partial charge on any atom is 0.247 e. The summed E-state index contributed by atoms with van der Waals surface area (Å²) in [5.41, 5.74) is 7.63. The molecule has 0 fully saturated rings. The first-order chi connectivity index (χ1) is 9.31. The number of nitrogens with two attached hydrogens (primary N) is 1. The molecular weight excluding hydrogens is 238 g/mol. The van der Waals surface area contributed by atoms with Crippen LogP contribution in [0.15, 0.2) is 29.4 Å². The number of hydrogen-bond donors (Lipinski definition) is 1. The van der Waals surface area contributed by atoms with E-state index in [4.69, 9.17) is 5.73 Å². The maximum atomic E-state index is 11.7. The number of rotatable bonds is 6. The smallest absolute Gasteiger partial charge is 0.247 e. The van der Waals surface area contributed by atoms with Crippen LogP contribution in [0.2, 0.25) is 0 Å². The molecule has 1 aromatic rings. The van der Waals surface area contributed by atoms with Gasteiger partial charge in [0.25, 0.3) is 0 Å². The van der Waals surface area contributed by atoms with Gasteiger partial charge in [0.05, 0.1) is 5.69 Å². The highest BCUT2D eigenvalue weighted by Crippen LogP contribution is 2.20. The molecule has 2 rings (SSSR count). The first-order valence-electron chi connectivity index (χ1n) is 6.95. The third-order valence-electron chi connectivity index (χ3n) is 3.27. The van der Waals surface area contributed by atoms with Crippen LogP contribution in [0, 0.1) is 0 Å². The summed E-state index contributed by atoms with van der Waals surface area (Å²) in [6.07, 6.45) is 7.58. The molecule has 19 heavy (non-hydrogen) atoms. The van der Waals surface area contributed by atoms with Crippen molar-refractivity contribution in [2.75, 3.05) is 11.6 Å². The van der Waals surface area contributed by atoms with E-state index >= 15 is 0 Å². The summed E-state index contributed by atoms with van der Waals surface area (Å²) in [5.74, 6) is 0.0678. The van der Waals surface area contributed by atoms with Crippen molar-refractivity contribution in [1.29, 1.82) is 0 Å². The van der Waals surface area contributed by atoms with Crippen molar-refractivity contribution in [2.45, 2.75) is 38.5 Å². The number of nitrogens with zero attached hydrogens (tertiary/aromatic N) is 2. The fourth-order valence-electron chi connectivity index (χ4n) is 2.16. The summed E-state index contributed by atoms with van der Waals surface area (Å²) >= 11 is 0. The third kappa shape index (κ3) is 3.89. The van der Waals surface area contributed by atoms with Crippen LogP contribution in [0.1, 0.15) is 37.7 Å².